The van der Waals surface area contributed by atoms with Gasteiger partial charge in [-0.3, -0.25) is 6.08 Å². The van der Waals surface area contributed by atoms with Crippen molar-refractivity contribution < 1.29 is 24.2 Å². The van der Waals surface area contributed by atoms with Crippen molar-refractivity contribution in [2.75, 3.05) is 0 Å². The van der Waals surface area contributed by atoms with Crippen molar-refractivity contribution in [1.29, 1.82) is 0 Å². The second-order valence-corrected chi connectivity index (χ2v) is 17.4. The molecular formula is C48H61Cl3Zr-4. The van der Waals surface area contributed by atoms with Crippen molar-refractivity contribution in [3.63, 3.8) is 0 Å². The Balaban J connectivity index is 0.000000911. The van der Waals surface area contributed by atoms with E-state index in [2.05, 4.69) is 143 Å². The topological polar surface area (TPSA) is 0 Å². The third-order valence-corrected chi connectivity index (χ3v) is 8.63. The first-order chi connectivity index (χ1) is 23.2. The van der Waals surface area contributed by atoms with Crippen molar-refractivity contribution >= 4 is 40.6 Å². The van der Waals surface area contributed by atoms with Crippen LogP contribution in [0.4, 0.5) is 0 Å². The van der Waals surface area contributed by atoms with E-state index >= 15 is 0 Å². The van der Waals surface area contributed by atoms with Crippen LogP contribution in [0.5, 0.6) is 0 Å². The van der Waals surface area contributed by atoms with Crippen molar-refractivity contribution in [3.05, 3.63) is 153 Å². The van der Waals surface area contributed by atoms with Crippen LogP contribution in [0.25, 0.3) is 11.1 Å². The van der Waals surface area contributed by atoms with Gasteiger partial charge in [-0.15, -0.1) is 59.5 Å². The Labute approximate surface area is 351 Å². The quantitative estimate of drug-likeness (QED) is 0.136. The van der Waals surface area contributed by atoms with E-state index in [1.807, 2.05) is 36.4 Å². The third kappa shape index (κ3) is 15.4. The van der Waals surface area contributed by atoms with Crippen LogP contribution >= 0.6 is 36.4 Å². The maximum atomic E-state index is 5.52. The minimum absolute atomic E-state index is 0. The van der Waals surface area contributed by atoms with E-state index in [0.717, 1.165) is 17.9 Å². The molecular weight excluding hydrogens is 774 g/mol. The summed E-state index contributed by atoms with van der Waals surface area (Å²) >= 11 is 6.82. The summed E-state index contributed by atoms with van der Waals surface area (Å²) < 4.78 is 3.34. The molecule has 0 saturated heterocycles. The summed E-state index contributed by atoms with van der Waals surface area (Å²) in [5, 5.41) is 0.763. The number of aryl methyl sites for hydroxylation is 1. The molecule has 0 fully saturated rings. The van der Waals surface area contributed by atoms with Crippen LogP contribution in [-0.2, 0) is 52.3 Å². The molecule has 0 spiro atoms. The van der Waals surface area contributed by atoms with Crippen LogP contribution in [0.3, 0.4) is 0 Å². The normalized spacial score (nSPS) is 12.3. The summed E-state index contributed by atoms with van der Waals surface area (Å²) in [5.41, 5.74) is 13.2. The standard InChI is InChI=1S/C29H41.C7H7.C6H4Cl.C5H5.CH2.2ClH.Zr/c1-26(2,3)22-14-18-13-19-15-23(27(4,5)6)25(29(10,11)12)17-21(19)20(18)16-24(22)28(7,8)9;1-7-5-3-2-4-6-7;7-6-4-2-1-3-5-6;1-2-4-5-3-1;;;;/h14,16-17H,13H2,1-12H3;3-6H,1H3;2-5H;1-3H,4H2;1H2;2*1H;/q4*-1;;;;. The number of hydrogen-bond acceptors (Lipinski definition) is 0. The van der Waals surface area contributed by atoms with E-state index in [0.29, 0.717) is 0 Å². The molecule has 0 bridgehead atoms. The predicted octanol–water partition coefficient (Wildman–Crippen LogP) is 14.3. The van der Waals surface area contributed by atoms with Crippen molar-refractivity contribution in [2.24, 2.45) is 0 Å². The average molecular weight is 836 g/mol. The molecule has 0 nitrogen and oxygen atoms in total. The summed E-state index contributed by atoms with van der Waals surface area (Å²) in [5.74, 6) is 0. The molecule has 2 aliphatic rings. The molecule has 0 aromatic heterocycles. The van der Waals surface area contributed by atoms with Crippen LogP contribution in [0.1, 0.15) is 128 Å². The van der Waals surface area contributed by atoms with Crippen LogP contribution in [0.2, 0.25) is 5.02 Å². The number of allylic oxidation sites excluding steroid dienone is 4. The van der Waals surface area contributed by atoms with Gasteiger partial charge in [0.25, 0.3) is 0 Å². The van der Waals surface area contributed by atoms with Gasteiger partial charge < -0.3 is 0 Å². The number of benzene rings is 4. The Morgan fingerprint density at radius 3 is 1.42 bits per heavy atom. The fourth-order valence-corrected chi connectivity index (χ4v) is 5.93. The summed E-state index contributed by atoms with van der Waals surface area (Å²) in [6, 6.07) is 32.2. The molecule has 0 unspecified atom stereocenters. The summed E-state index contributed by atoms with van der Waals surface area (Å²) in [6.07, 6.45) is 11.0. The van der Waals surface area contributed by atoms with Gasteiger partial charge in [0.15, 0.2) is 0 Å². The van der Waals surface area contributed by atoms with Crippen LogP contribution in [0, 0.1) is 31.2 Å². The fraction of sp³-hybridized carbons (Fsp3) is 0.396. The fourth-order valence-electron chi connectivity index (χ4n) is 5.80. The van der Waals surface area contributed by atoms with Crippen molar-refractivity contribution in [3.8, 4) is 11.1 Å². The zero-order valence-electron chi connectivity index (χ0n) is 33.9. The summed E-state index contributed by atoms with van der Waals surface area (Å²) in [4.78, 5) is 0. The number of rotatable bonds is 0. The molecule has 6 rings (SSSR count). The first-order valence-corrected chi connectivity index (χ1v) is 19.7. The maximum absolute atomic E-state index is 5.52. The Hall–Kier alpha value is -2.02. The van der Waals surface area contributed by atoms with Crippen molar-refractivity contribution in [1.82, 2.24) is 0 Å². The van der Waals surface area contributed by atoms with E-state index < -0.39 is 0 Å². The first-order valence-electron chi connectivity index (χ1n) is 17.6. The average Bonchev–Trinajstić information content (AvgIpc) is 3.72. The minimum atomic E-state index is 0. The third-order valence-electron chi connectivity index (χ3n) is 8.38. The molecule has 0 aliphatic heterocycles. The molecule has 4 aromatic carbocycles. The number of hydrogen-bond donors (Lipinski definition) is 0. The van der Waals surface area contributed by atoms with Gasteiger partial charge in [-0.05, 0) is 39.4 Å². The zero-order chi connectivity index (χ0) is 37.9. The van der Waals surface area contributed by atoms with Gasteiger partial charge in [-0.25, -0.2) is 12.2 Å². The second kappa shape index (κ2) is 21.8. The molecule has 4 heteroatoms. The van der Waals surface area contributed by atoms with Gasteiger partial charge in [-0.1, -0.05) is 118 Å². The van der Waals surface area contributed by atoms with E-state index in [9.17, 15) is 0 Å². The zero-order valence-corrected chi connectivity index (χ0v) is 38.7. The van der Waals surface area contributed by atoms with Gasteiger partial charge in [-0.2, -0.15) is 90.0 Å². The molecule has 0 saturated carbocycles. The van der Waals surface area contributed by atoms with Crippen LogP contribution in [-0.4, -0.2) is 4.21 Å². The second-order valence-electron chi connectivity index (χ2n) is 17.0. The van der Waals surface area contributed by atoms with E-state index in [4.69, 9.17) is 11.6 Å². The Morgan fingerprint density at radius 2 is 1.10 bits per heavy atom. The molecule has 0 N–H and O–H groups in total. The number of fused-ring (bicyclic) bond motifs is 3. The number of halogens is 3. The van der Waals surface area contributed by atoms with E-state index in [-0.39, 0.29) is 46.5 Å². The summed E-state index contributed by atoms with van der Waals surface area (Å²) in [7, 11) is 0. The van der Waals surface area contributed by atoms with Gasteiger partial charge in [0, 0.05) is 0 Å². The molecule has 0 atom stereocenters. The van der Waals surface area contributed by atoms with Gasteiger partial charge in [0.05, 0.1) is 0 Å². The van der Waals surface area contributed by atoms with E-state index in [1.165, 1.54) is 74.3 Å². The molecule has 0 heterocycles. The molecule has 4 aromatic rings. The van der Waals surface area contributed by atoms with Crippen molar-refractivity contribution in [2.45, 2.75) is 125 Å². The first kappa shape index (κ1) is 50.0. The molecule has 2 aliphatic carbocycles. The monoisotopic (exact) mass is 832 g/mol. The van der Waals surface area contributed by atoms with E-state index in [1.54, 1.807) is 24.3 Å². The molecule has 0 amide bonds. The molecule has 52 heavy (non-hydrogen) atoms. The molecule has 282 valence electrons. The van der Waals surface area contributed by atoms with Gasteiger partial charge in [0.2, 0.25) is 0 Å². The summed E-state index contributed by atoms with van der Waals surface area (Å²) in [6.45, 7) is 30.1. The Kier molecular flexibility index (Phi) is 20.9. The van der Waals surface area contributed by atoms with Gasteiger partial charge in [0.1, 0.15) is 0 Å². The predicted molar refractivity (Wildman–Crippen MR) is 232 cm³/mol. The molecule has 0 radical (unpaired) electrons. The van der Waals surface area contributed by atoms with Crippen LogP contribution < -0.4 is 0 Å². The Bertz CT molecular complexity index is 1580. The van der Waals surface area contributed by atoms with Gasteiger partial charge >= 0.3 is 28.4 Å². The van der Waals surface area contributed by atoms with Crippen LogP contribution in [0.15, 0.2) is 85.0 Å². The Morgan fingerprint density at radius 1 is 0.635 bits per heavy atom. The SMILES string of the molecule is CC(C)(C)c1[c-]c2c(cc1C(C)(C)C)-c1cc(C(C)(C)C)c(C(C)(C)C)cc1C2.Cc1cc[c-]cc1.Cl.Cl.Clc1cc[c-]cc1.[C-]1=CC=CC1.[CH2]=[Zr].